The predicted octanol–water partition coefficient (Wildman–Crippen LogP) is 19.0. The van der Waals surface area contributed by atoms with Gasteiger partial charge < -0.3 is 28.5 Å². The Hall–Kier alpha value is -2.03. The van der Waals surface area contributed by atoms with Crippen LogP contribution in [-0.4, -0.2) is 69.4 Å². The molecule has 0 rings (SSSR count). The lowest BCUT2D eigenvalue weighted by Crippen LogP contribution is -2.47. The van der Waals surface area contributed by atoms with E-state index in [2.05, 4.69) is 62.5 Å². The Labute approximate surface area is 465 Å². The van der Waals surface area contributed by atoms with Crippen LogP contribution in [0.15, 0.2) is 48.6 Å². The summed E-state index contributed by atoms with van der Waals surface area (Å²) in [4.78, 5) is 40.0. The molecule has 0 aromatic rings. The Balaban J connectivity index is 5.22. The van der Waals surface area contributed by atoms with E-state index >= 15 is 0 Å². The first-order valence-electron chi connectivity index (χ1n) is 31.9. The largest absolute Gasteiger partial charge is 0.756 e. The molecule has 0 heterocycles. The molecular formula is C65H123N2O7P. The summed E-state index contributed by atoms with van der Waals surface area (Å²) in [6.45, 7) is 6.83. The number of esters is 1. The molecule has 10 heteroatoms. The van der Waals surface area contributed by atoms with E-state index in [1.165, 1.54) is 193 Å². The maximum absolute atomic E-state index is 13.5. The second-order valence-electron chi connectivity index (χ2n) is 22.9. The number of carbonyl (C=O) groups excluding carboxylic acids is 2. The second kappa shape index (κ2) is 55.3. The Morgan fingerprint density at radius 3 is 1.25 bits per heavy atom. The Kier molecular flexibility index (Phi) is 53.8. The van der Waals surface area contributed by atoms with Crippen molar-refractivity contribution in [3.05, 3.63) is 48.6 Å². The monoisotopic (exact) mass is 1070 g/mol. The molecule has 3 atom stereocenters. The number of rotatable bonds is 58. The molecule has 0 aliphatic heterocycles. The van der Waals surface area contributed by atoms with Crippen LogP contribution in [0.4, 0.5) is 0 Å². The lowest BCUT2D eigenvalue weighted by molar-refractivity contribution is -0.870. The van der Waals surface area contributed by atoms with E-state index in [9.17, 15) is 19.0 Å². The van der Waals surface area contributed by atoms with Gasteiger partial charge >= 0.3 is 5.97 Å². The van der Waals surface area contributed by atoms with Crippen molar-refractivity contribution in [1.82, 2.24) is 5.32 Å². The topological polar surface area (TPSA) is 114 Å². The number of nitrogens with zero attached hydrogens (tertiary/aromatic N) is 1. The van der Waals surface area contributed by atoms with Crippen LogP contribution in [0.1, 0.15) is 303 Å². The first-order chi connectivity index (χ1) is 36.4. The van der Waals surface area contributed by atoms with E-state index in [4.69, 9.17) is 13.8 Å². The molecule has 3 unspecified atom stereocenters. The molecule has 0 spiro atoms. The van der Waals surface area contributed by atoms with E-state index in [0.29, 0.717) is 17.4 Å². The number of amides is 1. The first-order valence-corrected chi connectivity index (χ1v) is 33.4. The van der Waals surface area contributed by atoms with E-state index in [-0.39, 0.29) is 31.5 Å². The van der Waals surface area contributed by atoms with Crippen molar-refractivity contribution in [2.24, 2.45) is 0 Å². The van der Waals surface area contributed by atoms with Gasteiger partial charge in [-0.15, -0.1) is 0 Å². The fourth-order valence-electron chi connectivity index (χ4n) is 9.25. The molecule has 1 amide bonds. The number of hydrogen-bond acceptors (Lipinski definition) is 7. The molecule has 0 radical (unpaired) electrons. The van der Waals surface area contributed by atoms with Crippen LogP contribution in [-0.2, 0) is 27.9 Å². The standard InChI is InChI=1S/C65H123N2O7P/c1-7-10-13-16-19-22-25-28-30-31-32-33-34-35-37-40-43-46-49-52-55-58-65(69)74-63(56-53-50-47-44-41-38-27-24-21-18-15-12-9-3)62(61-73-75(70,71)72-60-59-67(4,5)6)66-64(68)57-54-51-48-45-42-39-36-29-26-23-20-17-14-11-8-2/h19,22-23,26,28,30,53,56,62-63H,7-18,20-21,24-25,27,29,31-52,54-55,57-61H2,1-6H3,(H-,66,68,70,71)/b22-19-,26-23-,30-28-,56-53-. The van der Waals surface area contributed by atoms with Gasteiger partial charge in [0.1, 0.15) is 19.3 Å². The number of ether oxygens (including phenoxy) is 1. The second-order valence-corrected chi connectivity index (χ2v) is 24.3. The summed E-state index contributed by atoms with van der Waals surface area (Å²) >= 11 is 0. The summed E-state index contributed by atoms with van der Waals surface area (Å²) in [7, 11) is 1.19. The lowest BCUT2D eigenvalue weighted by Gasteiger charge is -2.30. The van der Waals surface area contributed by atoms with E-state index in [1.807, 2.05) is 33.3 Å². The minimum Gasteiger partial charge on any atom is -0.756 e. The van der Waals surface area contributed by atoms with E-state index in [0.717, 1.165) is 77.0 Å². The molecule has 0 saturated heterocycles. The van der Waals surface area contributed by atoms with Crippen LogP contribution < -0.4 is 10.2 Å². The van der Waals surface area contributed by atoms with Crippen LogP contribution in [0.5, 0.6) is 0 Å². The van der Waals surface area contributed by atoms with Gasteiger partial charge in [0, 0.05) is 12.8 Å². The van der Waals surface area contributed by atoms with Crippen molar-refractivity contribution in [1.29, 1.82) is 0 Å². The molecule has 0 aromatic carbocycles. The highest BCUT2D eigenvalue weighted by Gasteiger charge is 2.27. The van der Waals surface area contributed by atoms with Gasteiger partial charge in [-0.2, -0.15) is 0 Å². The third kappa shape index (κ3) is 56.5. The fourth-order valence-corrected chi connectivity index (χ4v) is 9.98. The minimum absolute atomic E-state index is 0.0228. The molecule has 0 fully saturated rings. The van der Waals surface area contributed by atoms with Gasteiger partial charge in [-0.05, 0) is 89.5 Å². The van der Waals surface area contributed by atoms with Crippen LogP contribution in [0, 0.1) is 0 Å². The minimum atomic E-state index is -4.70. The number of likely N-dealkylation sites (N-methyl/N-ethyl adjacent to an activating group) is 1. The van der Waals surface area contributed by atoms with Crippen molar-refractivity contribution in [3.63, 3.8) is 0 Å². The molecule has 0 bridgehead atoms. The average molecular weight is 1080 g/mol. The summed E-state index contributed by atoms with van der Waals surface area (Å²) in [5.74, 6) is -0.539. The highest BCUT2D eigenvalue weighted by atomic mass is 31.2. The number of phosphoric acid groups is 1. The number of unbranched alkanes of at least 4 members (excludes halogenated alkanes) is 36. The highest BCUT2D eigenvalue weighted by Crippen LogP contribution is 2.38. The van der Waals surface area contributed by atoms with Crippen molar-refractivity contribution >= 4 is 19.7 Å². The molecule has 440 valence electrons. The van der Waals surface area contributed by atoms with Crippen molar-refractivity contribution in [2.75, 3.05) is 40.9 Å². The lowest BCUT2D eigenvalue weighted by atomic mass is 10.0. The molecule has 0 aliphatic carbocycles. The van der Waals surface area contributed by atoms with Gasteiger partial charge in [0.05, 0.1) is 33.8 Å². The average Bonchev–Trinajstić information content (AvgIpc) is 3.37. The summed E-state index contributed by atoms with van der Waals surface area (Å²) in [5, 5.41) is 3.03. The Morgan fingerprint density at radius 2 is 0.813 bits per heavy atom. The first kappa shape index (κ1) is 73.0. The summed E-state index contributed by atoms with van der Waals surface area (Å²) in [6.07, 6.45) is 67.8. The number of nitrogens with one attached hydrogen (secondary N) is 1. The van der Waals surface area contributed by atoms with Gasteiger partial charge in [-0.1, -0.05) is 250 Å². The zero-order valence-electron chi connectivity index (χ0n) is 50.3. The third-order valence-corrected chi connectivity index (χ3v) is 15.2. The van der Waals surface area contributed by atoms with Crippen molar-refractivity contribution in [3.8, 4) is 0 Å². The maximum atomic E-state index is 13.5. The van der Waals surface area contributed by atoms with Crippen LogP contribution in [0.25, 0.3) is 0 Å². The third-order valence-electron chi connectivity index (χ3n) is 14.2. The van der Waals surface area contributed by atoms with Gasteiger partial charge in [0.2, 0.25) is 5.91 Å². The Morgan fingerprint density at radius 1 is 0.467 bits per heavy atom. The predicted molar refractivity (Wildman–Crippen MR) is 321 cm³/mol. The SMILES string of the molecule is CCCCC/C=C\C/C=C\CCCCCCCCCCCCCC(=O)OC(/C=C\CCCCCCCCCCCCC)C(COP(=O)([O-])OCC[N+](C)(C)C)NC(=O)CCCCCCCCC/C=C\CCCCCC. The van der Waals surface area contributed by atoms with Crippen molar-refractivity contribution < 1.29 is 37.3 Å². The summed E-state index contributed by atoms with van der Waals surface area (Å²) in [5.41, 5.74) is 0. The molecule has 0 saturated carbocycles. The number of quaternary nitrogens is 1. The molecule has 0 aromatic heterocycles. The highest BCUT2D eigenvalue weighted by molar-refractivity contribution is 7.45. The smallest absolute Gasteiger partial charge is 0.306 e. The quantitative estimate of drug-likeness (QED) is 0.0212. The van der Waals surface area contributed by atoms with Crippen LogP contribution in [0.3, 0.4) is 0 Å². The van der Waals surface area contributed by atoms with Crippen molar-refractivity contribution in [2.45, 2.75) is 315 Å². The number of phosphoric ester groups is 1. The zero-order chi connectivity index (χ0) is 55.0. The number of carbonyl (C=O) groups is 2. The molecular weight excluding hydrogens is 952 g/mol. The molecule has 1 N–H and O–H groups in total. The van der Waals surface area contributed by atoms with Gasteiger partial charge in [0.25, 0.3) is 7.82 Å². The van der Waals surface area contributed by atoms with E-state index < -0.39 is 20.0 Å². The fraction of sp³-hybridized carbons (Fsp3) is 0.846. The van der Waals surface area contributed by atoms with Crippen LogP contribution >= 0.6 is 7.82 Å². The van der Waals surface area contributed by atoms with E-state index in [1.54, 1.807) is 0 Å². The Bertz CT molecular complexity index is 1420. The normalized spacial score (nSPS) is 14.0. The molecule has 75 heavy (non-hydrogen) atoms. The molecule has 9 nitrogen and oxygen atoms in total. The van der Waals surface area contributed by atoms with Gasteiger partial charge in [-0.25, -0.2) is 0 Å². The van der Waals surface area contributed by atoms with Gasteiger partial charge in [0.15, 0.2) is 0 Å². The molecule has 0 aliphatic rings. The zero-order valence-corrected chi connectivity index (χ0v) is 51.2. The maximum Gasteiger partial charge on any atom is 0.306 e. The van der Waals surface area contributed by atoms with Crippen LogP contribution in [0.2, 0.25) is 0 Å². The number of allylic oxidation sites excluding steroid dienone is 7. The summed E-state index contributed by atoms with van der Waals surface area (Å²) < 4.78 is 30.3. The summed E-state index contributed by atoms with van der Waals surface area (Å²) in [6, 6.07) is -0.890. The van der Waals surface area contributed by atoms with Gasteiger partial charge in [-0.3, -0.25) is 14.2 Å². The number of hydrogen-bond donors (Lipinski definition) is 1.